The van der Waals surface area contributed by atoms with Crippen LogP contribution in [-0.4, -0.2) is 17.7 Å². The number of carbonyl (C=O) groups excluding carboxylic acids is 1. The highest BCUT2D eigenvalue weighted by Crippen LogP contribution is 2.40. The molecule has 4 aromatic rings. The minimum absolute atomic E-state index is 0.142. The van der Waals surface area contributed by atoms with E-state index in [0.717, 1.165) is 26.1 Å². The summed E-state index contributed by atoms with van der Waals surface area (Å²) in [5.41, 5.74) is 3.16. The van der Waals surface area contributed by atoms with Gasteiger partial charge in [-0.15, -0.1) is 0 Å². The van der Waals surface area contributed by atoms with Crippen LogP contribution in [0.5, 0.6) is 11.5 Å². The average molecular weight is 701 g/mol. The van der Waals surface area contributed by atoms with Crippen molar-refractivity contribution < 1.29 is 14.3 Å². The molecule has 1 heterocycles. The summed E-state index contributed by atoms with van der Waals surface area (Å²) in [5.74, 6) is 1.05. The Morgan fingerprint density at radius 3 is 2.38 bits per heavy atom. The van der Waals surface area contributed by atoms with Crippen molar-refractivity contribution in [2.24, 2.45) is 4.99 Å². The van der Waals surface area contributed by atoms with E-state index in [0.29, 0.717) is 38.2 Å². The van der Waals surface area contributed by atoms with Gasteiger partial charge in [0.15, 0.2) is 16.7 Å². The highest BCUT2D eigenvalue weighted by molar-refractivity contribution is 14.1. The zero-order valence-electron chi connectivity index (χ0n) is 21.3. The standard InChI is InChI=1S/C31H23Cl2IN2O3S/c1-2-38-27-16-20(15-26(34)29(27)39-19-21-13-14-22(32)18-25(21)33)17-28-30(37)36(24-11-7-4-8-12-24)31(40-28)35-23-9-5-3-6-10-23/h3-18H,2,19H2,1H3/b28-17-,35-31?. The van der Waals surface area contributed by atoms with Crippen LogP contribution < -0.4 is 14.4 Å². The van der Waals surface area contributed by atoms with Gasteiger partial charge in [0.2, 0.25) is 0 Å². The molecule has 0 spiro atoms. The van der Waals surface area contributed by atoms with Crippen LogP contribution in [0.1, 0.15) is 18.1 Å². The zero-order chi connectivity index (χ0) is 28.1. The SMILES string of the molecule is CCOc1cc(/C=C2\SC(=Nc3ccccc3)N(c3ccccc3)C2=O)cc(I)c1OCc1ccc(Cl)cc1Cl. The molecule has 1 saturated heterocycles. The zero-order valence-corrected chi connectivity index (χ0v) is 25.8. The van der Waals surface area contributed by atoms with Crippen LogP contribution >= 0.6 is 57.6 Å². The van der Waals surface area contributed by atoms with Crippen molar-refractivity contribution >= 4 is 86.1 Å². The lowest BCUT2D eigenvalue weighted by Gasteiger charge is -2.16. The van der Waals surface area contributed by atoms with Crippen LogP contribution in [0.3, 0.4) is 0 Å². The van der Waals surface area contributed by atoms with Crippen molar-refractivity contribution in [3.05, 3.63) is 121 Å². The number of amides is 1. The molecule has 0 N–H and O–H groups in total. The Kier molecular flexibility index (Phi) is 9.36. The first-order valence-corrected chi connectivity index (χ1v) is 15.0. The number of anilines is 1. The molecule has 9 heteroatoms. The number of hydrogen-bond acceptors (Lipinski definition) is 5. The van der Waals surface area contributed by atoms with Gasteiger partial charge in [-0.3, -0.25) is 9.69 Å². The summed E-state index contributed by atoms with van der Waals surface area (Å²) >= 11 is 15.9. The van der Waals surface area contributed by atoms with Gasteiger partial charge >= 0.3 is 0 Å². The van der Waals surface area contributed by atoms with E-state index in [1.807, 2.05) is 91.9 Å². The number of amidine groups is 1. The monoisotopic (exact) mass is 700 g/mol. The third kappa shape index (κ3) is 6.66. The molecule has 1 aliphatic rings. The molecule has 0 saturated carbocycles. The first kappa shape index (κ1) is 28.5. The van der Waals surface area contributed by atoms with Crippen LogP contribution in [0, 0.1) is 3.57 Å². The highest BCUT2D eigenvalue weighted by Gasteiger charge is 2.34. The second kappa shape index (κ2) is 13.1. The smallest absolute Gasteiger partial charge is 0.271 e. The molecule has 0 aromatic heterocycles. The Morgan fingerprint density at radius 1 is 0.950 bits per heavy atom. The molecule has 1 amide bonds. The van der Waals surface area contributed by atoms with Crippen LogP contribution in [0.25, 0.3) is 6.08 Å². The quantitative estimate of drug-likeness (QED) is 0.136. The molecule has 1 fully saturated rings. The minimum atomic E-state index is -0.142. The number of nitrogens with zero attached hydrogens (tertiary/aromatic N) is 2. The molecule has 5 rings (SSSR count). The van der Waals surface area contributed by atoms with E-state index < -0.39 is 0 Å². The second-order valence-electron chi connectivity index (χ2n) is 8.60. The maximum atomic E-state index is 13.7. The number of para-hydroxylation sites is 2. The maximum absolute atomic E-state index is 13.7. The van der Waals surface area contributed by atoms with Gasteiger partial charge in [0.05, 0.1) is 26.5 Å². The average Bonchev–Trinajstić information content (AvgIpc) is 3.24. The summed E-state index contributed by atoms with van der Waals surface area (Å²) in [4.78, 5) is 20.6. The highest BCUT2D eigenvalue weighted by atomic mass is 127. The lowest BCUT2D eigenvalue weighted by atomic mass is 10.1. The number of benzene rings is 4. The molecular weight excluding hydrogens is 678 g/mol. The first-order valence-electron chi connectivity index (χ1n) is 12.4. The number of hydrogen-bond donors (Lipinski definition) is 0. The van der Waals surface area contributed by atoms with Gasteiger partial charge < -0.3 is 9.47 Å². The number of carbonyl (C=O) groups is 1. The van der Waals surface area contributed by atoms with Crippen LogP contribution in [0.15, 0.2) is 101 Å². The van der Waals surface area contributed by atoms with E-state index in [-0.39, 0.29) is 12.5 Å². The summed E-state index contributed by atoms with van der Waals surface area (Å²) in [6.07, 6.45) is 1.86. The van der Waals surface area contributed by atoms with E-state index in [1.165, 1.54) is 11.8 Å². The van der Waals surface area contributed by atoms with Crippen molar-refractivity contribution in [3.8, 4) is 11.5 Å². The van der Waals surface area contributed by atoms with Gasteiger partial charge in [-0.25, -0.2) is 4.99 Å². The van der Waals surface area contributed by atoms with Crippen LogP contribution in [0.4, 0.5) is 11.4 Å². The predicted octanol–water partition coefficient (Wildman–Crippen LogP) is 9.38. The molecule has 0 aliphatic carbocycles. The van der Waals surface area contributed by atoms with Gasteiger partial charge in [-0.2, -0.15) is 0 Å². The lowest BCUT2D eigenvalue weighted by Crippen LogP contribution is -2.28. The Labute approximate surface area is 260 Å². The van der Waals surface area contributed by atoms with Crippen molar-refractivity contribution in [2.75, 3.05) is 11.5 Å². The summed E-state index contributed by atoms with van der Waals surface area (Å²) in [6, 6.07) is 28.3. The molecule has 0 radical (unpaired) electrons. The predicted molar refractivity (Wildman–Crippen MR) is 174 cm³/mol. The Morgan fingerprint density at radius 2 is 1.68 bits per heavy atom. The largest absolute Gasteiger partial charge is 0.490 e. The number of ether oxygens (including phenoxy) is 2. The maximum Gasteiger partial charge on any atom is 0.271 e. The molecule has 0 bridgehead atoms. The van der Waals surface area contributed by atoms with E-state index in [1.54, 1.807) is 17.0 Å². The van der Waals surface area contributed by atoms with Gasteiger partial charge in [0, 0.05) is 15.6 Å². The molecule has 4 aromatic carbocycles. The van der Waals surface area contributed by atoms with Gasteiger partial charge in [0.25, 0.3) is 5.91 Å². The summed E-state index contributed by atoms with van der Waals surface area (Å²) < 4.78 is 12.9. The molecule has 5 nitrogen and oxygen atoms in total. The van der Waals surface area contributed by atoms with Crippen molar-refractivity contribution in [1.29, 1.82) is 0 Å². The Bertz CT molecular complexity index is 1600. The number of thioether (sulfide) groups is 1. The van der Waals surface area contributed by atoms with Gasteiger partial charge in [-0.1, -0.05) is 65.7 Å². The number of halogens is 3. The fourth-order valence-corrected chi connectivity index (χ4v) is 6.23. The van der Waals surface area contributed by atoms with Gasteiger partial charge in [-0.05, 0) is 101 Å². The number of aliphatic imine (C=N–C) groups is 1. The fraction of sp³-hybridized carbons (Fsp3) is 0.0968. The molecule has 0 atom stereocenters. The van der Waals surface area contributed by atoms with Crippen molar-refractivity contribution in [3.63, 3.8) is 0 Å². The Balaban J connectivity index is 1.47. The summed E-state index contributed by atoms with van der Waals surface area (Å²) in [6.45, 7) is 2.63. The number of rotatable bonds is 8. The second-order valence-corrected chi connectivity index (χ2v) is 11.6. The minimum Gasteiger partial charge on any atom is -0.490 e. The first-order chi connectivity index (χ1) is 19.4. The molecule has 202 valence electrons. The molecular formula is C31H23Cl2IN2O3S. The van der Waals surface area contributed by atoms with E-state index in [9.17, 15) is 4.79 Å². The molecule has 1 aliphatic heterocycles. The third-order valence-electron chi connectivity index (χ3n) is 5.82. The topological polar surface area (TPSA) is 51.1 Å². The van der Waals surface area contributed by atoms with Crippen LogP contribution in [-0.2, 0) is 11.4 Å². The molecule has 0 unspecified atom stereocenters. The van der Waals surface area contributed by atoms with Gasteiger partial charge in [0.1, 0.15) is 6.61 Å². The summed E-state index contributed by atoms with van der Waals surface area (Å²) in [5, 5.41) is 1.69. The van der Waals surface area contributed by atoms with E-state index in [4.69, 9.17) is 37.7 Å². The van der Waals surface area contributed by atoms with Crippen molar-refractivity contribution in [2.45, 2.75) is 13.5 Å². The normalized spacial score (nSPS) is 15.2. The van der Waals surface area contributed by atoms with Crippen LogP contribution in [0.2, 0.25) is 10.0 Å². The lowest BCUT2D eigenvalue weighted by molar-refractivity contribution is -0.113. The molecule has 40 heavy (non-hydrogen) atoms. The fourth-order valence-electron chi connectivity index (χ4n) is 3.98. The Hall–Kier alpha value is -2.98. The van der Waals surface area contributed by atoms with E-state index >= 15 is 0 Å². The van der Waals surface area contributed by atoms with Crippen molar-refractivity contribution in [1.82, 2.24) is 0 Å². The third-order valence-corrected chi connectivity index (χ3v) is 8.18. The van der Waals surface area contributed by atoms with E-state index in [2.05, 4.69) is 22.6 Å². The summed E-state index contributed by atoms with van der Waals surface area (Å²) in [7, 11) is 0.